The van der Waals surface area contributed by atoms with E-state index in [4.69, 9.17) is 0 Å². The maximum absolute atomic E-state index is 12.7. The lowest BCUT2D eigenvalue weighted by molar-refractivity contribution is -0.145. The SMILES string of the molecule is C[C@@H]1C[C@@H](C)CN(C(=O)C(=O)Nc2c3c(nn2C(C)(C)C)CSC3)C1. The van der Waals surface area contributed by atoms with E-state index in [0.717, 1.165) is 29.2 Å². The van der Waals surface area contributed by atoms with Gasteiger partial charge in [0, 0.05) is 30.2 Å². The summed E-state index contributed by atoms with van der Waals surface area (Å²) < 4.78 is 1.85. The molecule has 7 heteroatoms. The number of amides is 2. The number of carbonyl (C=O) groups is 2. The lowest BCUT2D eigenvalue weighted by Gasteiger charge is -2.34. The van der Waals surface area contributed by atoms with Crippen LogP contribution >= 0.6 is 11.8 Å². The molecule has 0 unspecified atom stereocenters. The largest absolute Gasteiger partial charge is 0.334 e. The first-order valence-electron chi connectivity index (χ1n) is 8.96. The van der Waals surface area contributed by atoms with Crippen LogP contribution in [0.2, 0.25) is 0 Å². The Labute approximate surface area is 153 Å². The molecule has 6 nitrogen and oxygen atoms in total. The molecule has 0 bridgehead atoms. The number of likely N-dealkylation sites (tertiary alicyclic amines) is 1. The highest BCUT2D eigenvalue weighted by Crippen LogP contribution is 2.37. The molecule has 2 aliphatic heterocycles. The van der Waals surface area contributed by atoms with E-state index in [9.17, 15) is 9.59 Å². The van der Waals surface area contributed by atoms with Crippen molar-refractivity contribution < 1.29 is 9.59 Å². The molecule has 1 aromatic heterocycles. The van der Waals surface area contributed by atoms with Crippen LogP contribution in [0.25, 0.3) is 0 Å². The van der Waals surface area contributed by atoms with Crippen LogP contribution in [0.15, 0.2) is 0 Å². The minimum absolute atomic E-state index is 0.255. The molecule has 0 aromatic carbocycles. The van der Waals surface area contributed by atoms with Crippen molar-refractivity contribution in [2.24, 2.45) is 11.8 Å². The number of thioether (sulfide) groups is 1. The summed E-state index contributed by atoms with van der Waals surface area (Å²) in [5.74, 6) is 2.25. The Kier molecular flexibility index (Phi) is 4.88. The van der Waals surface area contributed by atoms with E-state index >= 15 is 0 Å². The van der Waals surface area contributed by atoms with Crippen molar-refractivity contribution in [3.8, 4) is 0 Å². The summed E-state index contributed by atoms with van der Waals surface area (Å²) in [5, 5.41) is 7.55. The molecule has 138 valence electrons. The van der Waals surface area contributed by atoms with Crippen LogP contribution in [-0.2, 0) is 26.6 Å². The zero-order chi connectivity index (χ0) is 18.4. The smallest absolute Gasteiger partial charge is 0.315 e. The van der Waals surface area contributed by atoms with E-state index in [1.807, 2.05) is 25.5 Å². The van der Waals surface area contributed by atoms with Gasteiger partial charge in [0.2, 0.25) is 0 Å². The Hall–Kier alpha value is -1.50. The number of rotatable bonds is 1. The zero-order valence-corrected chi connectivity index (χ0v) is 16.6. The minimum atomic E-state index is -0.550. The van der Waals surface area contributed by atoms with E-state index in [-0.39, 0.29) is 5.54 Å². The minimum Gasteiger partial charge on any atom is -0.334 e. The van der Waals surface area contributed by atoms with Gasteiger partial charge in [-0.1, -0.05) is 13.8 Å². The van der Waals surface area contributed by atoms with Crippen LogP contribution in [0.4, 0.5) is 5.82 Å². The second-order valence-corrected chi connectivity index (χ2v) is 9.45. The number of anilines is 1. The number of fused-ring (bicyclic) bond motifs is 1. The lowest BCUT2D eigenvalue weighted by Crippen LogP contribution is -2.47. The number of hydrogen-bond acceptors (Lipinski definition) is 4. The molecule has 2 aliphatic rings. The van der Waals surface area contributed by atoms with Crippen LogP contribution in [-0.4, -0.2) is 39.6 Å². The fraction of sp³-hybridized carbons (Fsp3) is 0.722. The van der Waals surface area contributed by atoms with Gasteiger partial charge < -0.3 is 10.2 Å². The van der Waals surface area contributed by atoms with Gasteiger partial charge in [0.15, 0.2) is 0 Å². The molecule has 0 spiro atoms. The third-order valence-corrected chi connectivity index (χ3v) is 5.74. The second-order valence-electron chi connectivity index (χ2n) is 8.46. The summed E-state index contributed by atoms with van der Waals surface area (Å²) in [6.07, 6.45) is 1.10. The van der Waals surface area contributed by atoms with E-state index in [1.165, 1.54) is 0 Å². The van der Waals surface area contributed by atoms with E-state index in [1.54, 1.807) is 16.7 Å². The third kappa shape index (κ3) is 3.71. The van der Waals surface area contributed by atoms with E-state index in [2.05, 4.69) is 24.3 Å². The van der Waals surface area contributed by atoms with Crippen LogP contribution in [0, 0.1) is 11.8 Å². The molecule has 0 saturated carbocycles. The molecule has 0 radical (unpaired) electrons. The maximum atomic E-state index is 12.7. The highest BCUT2D eigenvalue weighted by Gasteiger charge is 2.33. The number of piperidine rings is 1. The highest BCUT2D eigenvalue weighted by atomic mass is 32.2. The van der Waals surface area contributed by atoms with Crippen molar-refractivity contribution in [3.05, 3.63) is 11.3 Å². The van der Waals surface area contributed by atoms with Crippen molar-refractivity contribution >= 4 is 29.4 Å². The molecule has 2 amide bonds. The van der Waals surface area contributed by atoms with Gasteiger partial charge in [-0.15, -0.1) is 0 Å². The van der Waals surface area contributed by atoms with Crippen molar-refractivity contribution in [3.63, 3.8) is 0 Å². The fourth-order valence-corrected chi connectivity index (χ4v) is 4.80. The summed E-state index contributed by atoms with van der Waals surface area (Å²) in [6, 6.07) is 0. The van der Waals surface area contributed by atoms with Crippen LogP contribution in [0.1, 0.15) is 52.3 Å². The Bertz CT molecular complexity index is 682. The van der Waals surface area contributed by atoms with Gasteiger partial charge in [0.05, 0.1) is 11.2 Å². The Morgan fingerprint density at radius 2 is 1.80 bits per heavy atom. The Morgan fingerprint density at radius 1 is 1.16 bits per heavy atom. The number of hydrogen-bond donors (Lipinski definition) is 1. The van der Waals surface area contributed by atoms with E-state index in [0.29, 0.717) is 30.7 Å². The molecule has 25 heavy (non-hydrogen) atoms. The van der Waals surface area contributed by atoms with Gasteiger partial charge in [-0.3, -0.25) is 9.59 Å². The molecule has 2 atom stereocenters. The topological polar surface area (TPSA) is 67.2 Å². The summed E-state index contributed by atoms with van der Waals surface area (Å²) in [5.41, 5.74) is 1.82. The molecule has 1 saturated heterocycles. The summed E-state index contributed by atoms with van der Waals surface area (Å²) in [6.45, 7) is 11.7. The monoisotopic (exact) mass is 364 g/mol. The van der Waals surface area contributed by atoms with Crippen LogP contribution in [0.3, 0.4) is 0 Å². The summed E-state index contributed by atoms with van der Waals surface area (Å²) in [7, 11) is 0. The molecular weight excluding hydrogens is 336 g/mol. The first-order chi connectivity index (χ1) is 11.7. The molecule has 3 rings (SSSR count). The molecule has 1 aromatic rings. The second kappa shape index (κ2) is 6.67. The number of nitrogens with zero attached hydrogens (tertiary/aromatic N) is 3. The first-order valence-corrected chi connectivity index (χ1v) is 10.1. The predicted molar refractivity (Wildman–Crippen MR) is 100 cm³/mol. The fourth-order valence-electron chi connectivity index (χ4n) is 3.76. The lowest BCUT2D eigenvalue weighted by atomic mass is 9.92. The molecule has 1 N–H and O–H groups in total. The number of carbonyl (C=O) groups excluding carboxylic acids is 2. The van der Waals surface area contributed by atoms with Crippen molar-refractivity contribution in [1.82, 2.24) is 14.7 Å². The van der Waals surface area contributed by atoms with Gasteiger partial charge >= 0.3 is 11.8 Å². The summed E-state index contributed by atoms with van der Waals surface area (Å²) >= 11 is 1.78. The van der Waals surface area contributed by atoms with Gasteiger partial charge in [0.25, 0.3) is 0 Å². The standard InChI is InChI=1S/C18H28N4O2S/c1-11-6-12(2)8-21(7-11)17(24)16(23)19-15-13-9-25-10-14(13)20-22(15)18(3,4)5/h11-12H,6-10H2,1-5H3,(H,19,23)/t11-,12-/m1/s1. The zero-order valence-electron chi connectivity index (χ0n) is 15.8. The van der Waals surface area contributed by atoms with Gasteiger partial charge in [0.1, 0.15) is 5.82 Å². The quantitative estimate of drug-likeness (QED) is 0.778. The van der Waals surface area contributed by atoms with Gasteiger partial charge in [-0.2, -0.15) is 16.9 Å². The Balaban J connectivity index is 1.80. The maximum Gasteiger partial charge on any atom is 0.315 e. The predicted octanol–water partition coefficient (Wildman–Crippen LogP) is 2.83. The normalized spacial score (nSPS) is 23.5. The molecular formula is C18H28N4O2S. The summed E-state index contributed by atoms with van der Waals surface area (Å²) in [4.78, 5) is 27.0. The molecule has 1 fully saturated rings. The molecule has 3 heterocycles. The van der Waals surface area contributed by atoms with Crippen LogP contribution in [0.5, 0.6) is 0 Å². The van der Waals surface area contributed by atoms with Crippen molar-refractivity contribution in [1.29, 1.82) is 0 Å². The van der Waals surface area contributed by atoms with Crippen LogP contribution < -0.4 is 5.32 Å². The van der Waals surface area contributed by atoms with E-state index < -0.39 is 11.8 Å². The van der Waals surface area contributed by atoms with Crippen molar-refractivity contribution in [2.45, 2.75) is 58.1 Å². The number of aromatic nitrogens is 2. The highest BCUT2D eigenvalue weighted by molar-refractivity contribution is 7.98. The van der Waals surface area contributed by atoms with Gasteiger partial charge in [-0.25, -0.2) is 4.68 Å². The molecule has 0 aliphatic carbocycles. The third-order valence-electron chi connectivity index (χ3n) is 4.77. The first kappa shape index (κ1) is 18.3. The average Bonchev–Trinajstić information content (AvgIpc) is 3.07. The Morgan fingerprint density at radius 3 is 2.40 bits per heavy atom. The number of nitrogens with one attached hydrogen (secondary N) is 1. The van der Waals surface area contributed by atoms with Crippen molar-refractivity contribution in [2.75, 3.05) is 18.4 Å². The van der Waals surface area contributed by atoms with Gasteiger partial charge in [-0.05, 0) is 39.0 Å². The average molecular weight is 365 g/mol.